The monoisotopic (exact) mass is 536 g/mol. The molecule has 39 heavy (non-hydrogen) atoms. The number of hydrogen-bond acceptors (Lipinski definition) is 5. The van der Waals surface area contributed by atoms with Gasteiger partial charge in [-0.3, -0.25) is 4.79 Å². The Morgan fingerprint density at radius 1 is 1.05 bits per heavy atom. The van der Waals surface area contributed by atoms with Gasteiger partial charge in [-0.2, -0.15) is 18.1 Å². The number of nitrogens with one attached hydrogen (secondary N) is 1. The number of amides is 1. The van der Waals surface area contributed by atoms with Crippen molar-refractivity contribution >= 4 is 5.91 Å². The van der Waals surface area contributed by atoms with E-state index in [4.69, 9.17) is 4.94 Å². The highest BCUT2D eigenvalue weighted by Crippen LogP contribution is 2.37. The van der Waals surface area contributed by atoms with Crippen molar-refractivity contribution in [2.24, 2.45) is 0 Å². The van der Waals surface area contributed by atoms with Gasteiger partial charge in [0.15, 0.2) is 0 Å². The van der Waals surface area contributed by atoms with Crippen molar-refractivity contribution in [3.8, 4) is 0 Å². The molecule has 4 heterocycles. The van der Waals surface area contributed by atoms with Crippen LogP contribution >= 0.6 is 0 Å². The van der Waals surface area contributed by atoms with Crippen molar-refractivity contribution in [2.45, 2.75) is 43.8 Å². The SMILES string of the molecule is O=C(C1=CC2=CNON2C=C1)N1CCc2ccccc2C1CCN1CCC(c2cccc(C(F)(F)F)c2)CC1. The summed E-state index contributed by atoms with van der Waals surface area (Å²) in [5, 5.41) is 1.57. The first-order chi connectivity index (χ1) is 18.9. The number of carbonyl (C=O) groups excluding carboxylic acids is 1. The van der Waals surface area contributed by atoms with Crippen LogP contribution in [0.1, 0.15) is 53.5 Å². The molecule has 204 valence electrons. The van der Waals surface area contributed by atoms with Gasteiger partial charge in [0.2, 0.25) is 0 Å². The van der Waals surface area contributed by atoms with E-state index in [-0.39, 0.29) is 17.9 Å². The first-order valence-electron chi connectivity index (χ1n) is 13.5. The van der Waals surface area contributed by atoms with Gasteiger partial charge < -0.3 is 9.80 Å². The van der Waals surface area contributed by atoms with E-state index in [1.807, 2.05) is 29.2 Å². The molecule has 1 atom stereocenters. The number of nitrogens with zero attached hydrogens (tertiary/aromatic N) is 3. The Labute approximate surface area is 225 Å². The second kappa shape index (κ2) is 10.5. The predicted molar refractivity (Wildman–Crippen MR) is 140 cm³/mol. The molecule has 1 saturated heterocycles. The summed E-state index contributed by atoms with van der Waals surface area (Å²) in [6.45, 7) is 3.13. The number of alkyl halides is 3. The fraction of sp³-hybridized carbons (Fsp3) is 0.367. The number of benzene rings is 2. The van der Waals surface area contributed by atoms with Crippen molar-refractivity contribution < 1.29 is 22.9 Å². The van der Waals surface area contributed by atoms with E-state index in [2.05, 4.69) is 22.5 Å². The molecule has 1 N–H and O–H groups in total. The van der Waals surface area contributed by atoms with Crippen LogP contribution in [0.15, 0.2) is 84.4 Å². The maximum Gasteiger partial charge on any atom is 0.416 e. The molecular weight excluding hydrogens is 505 g/mol. The lowest BCUT2D eigenvalue weighted by Crippen LogP contribution is -2.43. The molecule has 6 nitrogen and oxygen atoms in total. The number of halogens is 3. The van der Waals surface area contributed by atoms with E-state index in [0.29, 0.717) is 12.1 Å². The summed E-state index contributed by atoms with van der Waals surface area (Å²) in [6, 6.07) is 14.1. The third-order valence-corrected chi connectivity index (χ3v) is 8.22. The number of rotatable bonds is 5. The molecule has 4 aliphatic rings. The fourth-order valence-electron chi connectivity index (χ4n) is 6.11. The molecule has 9 heteroatoms. The van der Waals surface area contributed by atoms with Crippen LogP contribution in [0.4, 0.5) is 13.2 Å². The number of allylic oxidation sites excluding steroid dienone is 1. The first kappa shape index (κ1) is 25.7. The second-order valence-corrected chi connectivity index (χ2v) is 10.5. The molecule has 4 aliphatic heterocycles. The summed E-state index contributed by atoms with van der Waals surface area (Å²) in [6.07, 6.45) is 6.00. The van der Waals surface area contributed by atoms with E-state index >= 15 is 0 Å². The molecule has 2 aromatic carbocycles. The number of fused-ring (bicyclic) bond motifs is 2. The van der Waals surface area contributed by atoms with E-state index in [1.54, 1.807) is 23.5 Å². The molecule has 0 aliphatic carbocycles. The van der Waals surface area contributed by atoms with Gasteiger partial charge in [-0.15, -0.1) is 0 Å². The average molecular weight is 537 g/mol. The lowest BCUT2D eigenvalue weighted by Gasteiger charge is -2.40. The number of piperidine rings is 1. The minimum Gasteiger partial charge on any atom is -0.331 e. The number of likely N-dealkylation sites (tertiary alicyclic amines) is 1. The topological polar surface area (TPSA) is 48.1 Å². The van der Waals surface area contributed by atoms with Gasteiger partial charge in [0, 0.05) is 24.9 Å². The van der Waals surface area contributed by atoms with E-state index in [9.17, 15) is 18.0 Å². The van der Waals surface area contributed by atoms with Crippen molar-refractivity contribution in [1.29, 1.82) is 0 Å². The summed E-state index contributed by atoms with van der Waals surface area (Å²) < 4.78 is 39.6. The largest absolute Gasteiger partial charge is 0.416 e. The highest BCUT2D eigenvalue weighted by atomic mass is 19.4. The Balaban J connectivity index is 1.13. The van der Waals surface area contributed by atoms with Gasteiger partial charge in [-0.25, -0.2) is 10.5 Å². The summed E-state index contributed by atoms with van der Waals surface area (Å²) in [7, 11) is 0. The Kier molecular flexibility index (Phi) is 6.95. The Morgan fingerprint density at radius 2 is 1.87 bits per heavy atom. The fourth-order valence-corrected chi connectivity index (χ4v) is 6.11. The van der Waals surface area contributed by atoms with E-state index < -0.39 is 11.7 Å². The minimum absolute atomic E-state index is 0.00135. The van der Waals surface area contributed by atoms with Crippen molar-refractivity contribution in [3.63, 3.8) is 0 Å². The molecule has 1 amide bonds. The van der Waals surface area contributed by atoms with E-state index in [0.717, 1.165) is 62.6 Å². The van der Waals surface area contributed by atoms with Gasteiger partial charge in [0.25, 0.3) is 5.91 Å². The van der Waals surface area contributed by atoms with Crippen molar-refractivity contribution in [1.82, 2.24) is 20.3 Å². The third-order valence-electron chi connectivity index (χ3n) is 8.22. The highest BCUT2D eigenvalue weighted by Gasteiger charge is 2.34. The van der Waals surface area contributed by atoms with Crippen LogP contribution in [0.2, 0.25) is 0 Å². The lowest BCUT2D eigenvalue weighted by atomic mass is 9.87. The van der Waals surface area contributed by atoms with E-state index in [1.165, 1.54) is 23.3 Å². The number of carbonyl (C=O) groups is 1. The molecule has 0 bridgehead atoms. The molecule has 0 saturated carbocycles. The molecule has 2 aromatic rings. The normalized spacial score (nSPS) is 21.7. The molecule has 1 unspecified atom stereocenters. The number of hydrogen-bond donors (Lipinski definition) is 1. The van der Waals surface area contributed by atoms with Crippen LogP contribution in [0, 0.1) is 0 Å². The van der Waals surface area contributed by atoms with Gasteiger partial charge in [0.05, 0.1) is 23.5 Å². The van der Waals surface area contributed by atoms with Crippen molar-refractivity contribution in [3.05, 3.63) is 107 Å². The Bertz CT molecular complexity index is 1330. The zero-order valence-corrected chi connectivity index (χ0v) is 21.5. The summed E-state index contributed by atoms with van der Waals surface area (Å²) in [5.74, 6) is 0.131. The van der Waals surface area contributed by atoms with Crippen LogP contribution in [0.25, 0.3) is 0 Å². The first-order valence-corrected chi connectivity index (χ1v) is 13.5. The quantitative estimate of drug-likeness (QED) is 0.551. The molecular formula is C30H31F3N4O2. The summed E-state index contributed by atoms with van der Waals surface area (Å²) in [5.41, 5.74) is 6.76. The van der Waals surface area contributed by atoms with Crippen LogP contribution in [-0.2, 0) is 22.3 Å². The third kappa shape index (κ3) is 5.33. The minimum atomic E-state index is -4.32. The zero-order chi connectivity index (χ0) is 27.0. The maximum atomic E-state index is 13.7. The van der Waals surface area contributed by atoms with Crippen LogP contribution in [0.5, 0.6) is 0 Å². The molecule has 0 spiro atoms. The predicted octanol–water partition coefficient (Wildman–Crippen LogP) is 5.45. The lowest BCUT2D eigenvalue weighted by molar-refractivity contribution is -0.137. The highest BCUT2D eigenvalue weighted by molar-refractivity contribution is 5.97. The van der Waals surface area contributed by atoms with Crippen molar-refractivity contribution in [2.75, 3.05) is 26.2 Å². The Hall–Kier alpha value is -3.56. The van der Waals surface area contributed by atoms with Gasteiger partial charge >= 0.3 is 6.18 Å². The Morgan fingerprint density at radius 3 is 2.69 bits per heavy atom. The summed E-state index contributed by atoms with van der Waals surface area (Å²) in [4.78, 5) is 23.3. The molecule has 1 fully saturated rings. The molecule has 0 aromatic heterocycles. The number of hydroxylamine groups is 3. The van der Waals surface area contributed by atoms with Crippen LogP contribution in [0.3, 0.4) is 0 Å². The smallest absolute Gasteiger partial charge is 0.331 e. The van der Waals surface area contributed by atoms with Gasteiger partial charge in [-0.05, 0) is 79.6 Å². The summed E-state index contributed by atoms with van der Waals surface area (Å²) >= 11 is 0. The van der Waals surface area contributed by atoms with Gasteiger partial charge in [-0.1, -0.05) is 42.5 Å². The second-order valence-electron chi connectivity index (χ2n) is 10.5. The molecule has 0 radical (unpaired) electrons. The van der Waals surface area contributed by atoms with Crippen LogP contribution in [-0.4, -0.2) is 46.9 Å². The standard InChI is InChI=1S/C30H31F3N4O2/c31-30(32,33)25-6-3-5-23(18-25)21-8-13-35(14-9-21)15-12-28-27-7-2-1-4-22(27)10-16-36(28)29(38)24-11-17-37-26(19-24)20-34-39-37/h1-7,11,17-21,28,34H,8-10,12-16H2. The average Bonchev–Trinajstić information content (AvgIpc) is 3.43. The zero-order valence-electron chi connectivity index (χ0n) is 21.5. The maximum absolute atomic E-state index is 13.7. The van der Waals surface area contributed by atoms with Crippen LogP contribution < -0.4 is 5.48 Å². The molecule has 6 rings (SSSR count). The van der Waals surface area contributed by atoms with Gasteiger partial charge in [0.1, 0.15) is 0 Å².